The van der Waals surface area contributed by atoms with Crippen LogP contribution < -0.4 is 0 Å². The summed E-state index contributed by atoms with van der Waals surface area (Å²) in [6, 6.07) is 125. The zero-order valence-electron chi connectivity index (χ0n) is 47.7. The summed E-state index contributed by atoms with van der Waals surface area (Å²) in [4.78, 5) is 0. The van der Waals surface area contributed by atoms with E-state index in [4.69, 9.17) is 0 Å². The van der Waals surface area contributed by atoms with Gasteiger partial charge in [-0.1, -0.05) is 267 Å². The fourth-order valence-corrected chi connectivity index (χ4v) is 14.5. The Labute approximate surface area is 506 Å². The van der Waals surface area contributed by atoms with Crippen molar-refractivity contribution in [3.05, 3.63) is 362 Å². The number of para-hydroxylation sites is 2. The van der Waals surface area contributed by atoms with Crippen molar-refractivity contribution in [1.82, 2.24) is 9.13 Å². The lowest BCUT2D eigenvalue weighted by molar-refractivity contribution is 0.769. The van der Waals surface area contributed by atoms with E-state index in [0.717, 1.165) is 11.4 Å². The topological polar surface area (TPSA) is 9.86 Å². The van der Waals surface area contributed by atoms with Gasteiger partial charge in [0.05, 0.1) is 27.5 Å². The second-order valence-electron chi connectivity index (χ2n) is 23.1. The third-order valence-corrected chi connectivity index (χ3v) is 18.4. The molecule has 0 N–H and O–H groups in total. The largest absolute Gasteiger partial charge is 0.309 e. The first kappa shape index (κ1) is 50.2. The molecular weight excluding hydrogens is 1050 g/mol. The Hall–Kier alpha value is -11.3. The fraction of sp³-hybridized carbons (Fsp3) is 0.0118. The standard InChI is InChI=1S/C85H56N2/c1-3-20-57(21-4-1)64-25-19-29-70(54-64)87-82-39-16-12-35-76(82)78-56-66(47-51-84(78)87)65-46-50-83-77(55-65)75-34-11-15-38-81(75)86(83)69-48-44-60(45-49-69)72-31-8-7-30-71(72)59-42-40-58(41-43-59)61-22-17-23-62(52-61)63-24-18-28-68(53-63)85(67-26-5-2-6-27-67)79-36-13-9-32-73(79)74-33-10-14-37-80(74)85/h1-56H. The minimum atomic E-state index is -0.448. The van der Waals surface area contributed by atoms with Gasteiger partial charge in [-0.3, -0.25) is 0 Å². The molecule has 16 aromatic rings. The molecule has 0 fully saturated rings. The van der Waals surface area contributed by atoms with Gasteiger partial charge in [0.15, 0.2) is 0 Å². The van der Waals surface area contributed by atoms with Crippen LogP contribution in [0.3, 0.4) is 0 Å². The van der Waals surface area contributed by atoms with Crippen LogP contribution in [0.15, 0.2) is 340 Å². The first-order valence-electron chi connectivity index (χ1n) is 30.1. The quantitative estimate of drug-likeness (QED) is 0.129. The fourth-order valence-electron chi connectivity index (χ4n) is 14.5. The van der Waals surface area contributed by atoms with Crippen molar-refractivity contribution in [2.75, 3.05) is 0 Å². The van der Waals surface area contributed by atoms with Crippen LogP contribution >= 0.6 is 0 Å². The van der Waals surface area contributed by atoms with E-state index in [1.165, 1.54) is 144 Å². The molecule has 0 saturated carbocycles. The van der Waals surface area contributed by atoms with Crippen LogP contribution in [0.1, 0.15) is 22.3 Å². The minimum absolute atomic E-state index is 0.448. The van der Waals surface area contributed by atoms with Crippen LogP contribution in [0.25, 0.3) is 133 Å². The predicted molar refractivity (Wildman–Crippen MR) is 365 cm³/mol. The van der Waals surface area contributed by atoms with E-state index < -0.39 is 5.41 Å². The summed E-state index contributed by atoms with van der Waals surface area (Å²) in [7, 11) is 0. The maximum Gasteiger partial charge on any atom is 0.0713 e. The van der Waals surface area contributed by atoms with Gasteiger partial charge in [-0.2, -0.15) is 0 Å². The van der Waals surface area contributed by atoms with E-state index in [2.05, 4.69) is 349 Å². The van der Waals surface area contributed by atoms with Crippen molar-refractivity contribution >= 4 is 43.6 Å². The zero-order chi connectivity index (χ0) is 57.4. The summed E-state index contributed by atoms with van der Waals surface area (Å²) in [5, 5.41) is 4.95. The lowest BCUT2D eigenvalue weighted by Gasteiger charge is -2.34. The molecule has 0 spiro atoms. The lowest BCUT2D eigenvalue weighted by atomic mass is 9.67. The number of hydrogen-bond donors (Lipinski definition) is 0. The average Bonchev–Trinajstić information content (AvgIpc) is 1.66. The Balaban J connectivity index is 0.667. The smallest absolute Gasteiger partial charge is 0.0713 e. The number of hydrogen-bond acceptors (Lipinski definition) is 0. The first-order chi connectivity index (χ1) is 43.1. The number of nitrogens with zero attached hydrogens (tertiary/aromatic N) is 2. The molecule has 0 saturated heterocycles. The number of rotatable bonds is 10. The molecule has 0 aliphatic heterocycles. The predicted octanol–water partition coefficient (Wildman–Crippen LogP) is 22.2. The molecule has 17 rings (SSSR count). The maximum atomic E-state index is 2.42. The molecule has 2 heteroatoms. The molecule has 0 atom stereocenters. The monoisotopic (exact) mass is 1100 g/mol. The maximum absolute atomic E-state index is 2.42. The Morgan fingerprint density at radius 2 is 0.552 bits per heavy atom. The third-order valence-electron chi connectivity index (χ3n) is 18.4. The molecule has 87 heavy (non-hydrogen) atoms. The highest BCUT2D eigenvalue weighted by atomic mass is 15.0. The van der Waals surface area contributed by atoms with E-state index in [1.54, 1.807) is 0 Å². The minimum Gasteiger partial charge on any atom is -0.309 e. The summed E-state index contributed by atoms with van der Waals surface area (Å²) in [6.07, 6.45) is 0. The summed E-state index contributed by atoms with van der Waals surface area (Å²) in [5.74, 6) is 0. The van der Waals surface area contributed by atoms with Crippen LogP contribution in [0.4, 0.5) is 0 Å². The second kappa shape index (κ2) is 20.5. The molecule has 0 radical (unpaired) electrons. The van der Waals surface area contributed by atoms with Crippen LogP contribution in [-0.4, -0.2) is 9.13 Å². The first-order valence-corrected chi connectivity index (χ1v) is 30.1. The number of fused-ring (bicyclic) bond motifs is 9. The Morgan fingerprint density at radius 3 is 1.15 bits per heavy atom. The Morgan fingerprint density at radius 1 is 0.184 bits per heavy atom. The molecule has 0 bridgehead atoms. The van der Waals surface area contributed by atoms with Gasteiger partial charge in [-0.15, -0.1) is 0 Å². The molecule has 0 unspecified atom stereocenters. The SMILES string of the molecule is c1ccc(-c2cccc(-n3c4ccccc4c4cc(-c5ccc6c(c5)c5ccccc5n6-c5ccc(-c6ccccc6-c6ccc(-c7cccc(-c8cccc(C9(c%10ccccc%10)c%10ccccc%10-c%10ccccc%109)c8)c7)cc6)cc5)ccc43)c2)cc1. The van der Waals surface area contributed by atoms with E-state index >= 15 is 0 Å². The molecule has 2 heterocycles. The van der Waals surface area contributed by atoms with Crippen molar-refractivity contribution in [3.63, 3.8) is 0 Å². The van der Waals surface area contributed by atoms with Gasteiger partial charge >= 0.3 is 0 Å². The van der Waals surface area contributed by atoms with Gasteiger partial charge in [0.25, 0.3) is 0 Å². The van der Waals surface area contributed by atoms with Crippen molar-refractivity contribution in [3.8, 4) is 89.3 Å². The van der Waals surface area contributed by atoms with Crippen molar-refractivity contribution in [2.24, 2.45) is 0 Å². The summed E-state index contributed by atoms with van der Waals surface area (Å²) in [6.45, 7) is 0. The van der Waals surface area contributed by atoms with Crippen molar-refractivity contribution < 1.29 is 0 Å². The van der Waals surface area contributed by atoms with E-state index in [-0.39, 0.29) is 0 Å². The van der Waals surface area contributed by atoms with E-state index in [1.807, 2.05) is 0 Å². The van der Waals surface area contributed by atoms with Gasteiger partial charge in [0, 0.05) is 32.9 Å². The number of aromatic nitrogens is 2. The molecule has 406 valence electrons. The Kier molecular flexibility index (Phi) is 11.8. The second-order valence-corrected chi connectivity index (χ2v) is 23.1. The highest BCUT2D eigenvalue weighted by Gasteiger charge is 2.46. The molecule has 1 aliphatic rings. The van der Waals surface area contributed by atoms with Gasteiger partial charge in [0.1, 0.15) is 0 Å². The highest BCUT2D eigenvalue weighted by Crippen LogP contribution is 2.56. The average molecular weight is 1110 g/mol. The lowest BCUT2D eigenvalue weighted by Crippen LogP contribution is -2.28. The van der Waals surface area contributed by atoms with Crippen LogP contribution in [0.2, 0.25) is 0 Å². The zero-order valence-corrected chi connectivity index (χ0v) is 47.7. The summed E-state index contributed by atoms with van der Waals surface area (Å²) in [5.41, 5.74) is 28.7. The molecule has 1 aliphatic carbocycles. The molecular formula is C85H56N2. The normalized spacial score (nSPS) is 12.5. The van der Waals surface area contributed by atoms with E-state index in [9.17, 15) is 0 Å². The highest BCUT2D eigenvalue weighted by molar-refractivity contribution is 6.13. The van der Waals surface area contributed by atoms with Crippen LogP contribution in [-0.2, 0) is 5.41 Å². The van der Waals surface area contributed by atoms with Gasteiger partial charge in [0.2, 0.25) is 0 Å². The molecule has 2 aromatic heterocycles. The molecule has 2 nitrogen and oxygen atoms in total. The van der Waals surface area contributed by atoms with Crippen molar-refractivity contribution in [2.45, 2.75) is 5.41 Å². The summed E-state index contributed by atoms with van der Waals surface area (Å²) >= 11 is 0. The van der Waals surface area contributed by atoms with Gasteiger partial charge in [-0.05, 0) is 173 Å². The van der Waals surface area contributed by atoms with Crippen LogP contribution in [0.5, 0.6) is 0 Å². The van der Waals surface area contributed by atoms with Gasteiger partial charge < -0.3 is 9.13 Å². The third kappa shape index (κ3) is 8.17. The Bertz CT molecular complexity index is 5270. The number of benzene rings is 14. The van der Waals surface area contributed by atoms with Crippen molar-refractivity contribution in [1.29, 1.82) is 0 Å². The van der Waals surface area contributed by atoms with Gasteiger partial charge in [-0.25, -0.2) is 0 Å². The van der Waals surface area contributed by atoms with Crippen LogP contribution in [0, 0.1) is 0 Å². The molecule has 14 aromatic carbocycles. The summed E-state index contributed by atoms with van der Waals surface area (Å²) < 4.78 is 4.83. The molecule has 0 amide bonds. The van der Waals surface area contributed by atoms with E-state index in [0.29, 0.717) is 0 Å².